The Morgan fingerprint density at radius 2 is 1.63 bits per heavy atom. The zero-order valence-electron chi connectivity index (χ0n) is 17.9. The minimum absolute atomic E-state index is 0. The van der Waals surface area contributed by atoms with Gasteiger partial charge in [-0.3, -0.25) is 9.59 Å². The van der Waals surface area contributed by atoms with E-state index in [0.717, 1.165) is 18.8 Å². The number of carbonyl (C=O) groups excluding carboxylic acids is 2. The van der Waals surface area contributed by atoms with E-state index in [2.05, 4.69) is 10.6 Å². The van der Waals surface area contributed by atoms with Crippen molar-refractivity contribution >= 4 is 17.5 Å². The molecule has 30 heavy (non-hydrogen) atoms. The molecule has 1 fully saturated rings. The van der Waals surface area contributed by atoms with E-state index >= 15 is 0 Å². The van der Waals surface area contributed by atoms with Crippen LogP contribution >= 0.6 is 0 Å². The van der Waals surface area contributed by atoms with Crippen LogP contribution < -0.4 is 10.6 Å². The van der Waals surface area contributed by atoms with Gasteiger partial charge in [0.2, 0.25) is 5.91 Å². The zero-order chi connectivity index (χ0) is 21.9. The molecular formula is C24H37FN2O3. The van der Waals surface area contributed by atoms with Crippen molar-refractivity contribution in [3.8, 4) is 0 Å². The molecule has 2 amide bonds. The molecule has 0 aromatic heterocycles. The summed E-state index contributed by atoms with van der Waals surface area (Å²) < 4.78 is 17.9. The molecule has 2 N–H and O–H groups in total. The van der Waals surface area contributed by atoms with Crippen LogP contribution in [0.5, 0.6) is 0 Å². The summed E-state index contributed by atoms with van der Waals surface area (Å²) in [5.41, 5.74) is 2.10. The van der Waals surface area contributed by atoms with Crippen LogP contribution in [0, 0.1) is 18.7 Å². The zero-order valence-corrected chi connectivity index (χ0v) is 17.9. The van der Waals surface area contributed by atoms with E-state index in [1.165, 1.54) is 37.1 Å². The minimum Gasteiger partial charge on any atom is -0.381 e. The van der Waals surface area contributed by atoms with Crippen LogP contribution in [0.4, 0.5) is 10.1 Å². The Labute approximate surface area is 182 Å². The SMILES string of the molecule is C1CCOC1.Cc1ccc(NC(=O)[C@H](CC(C)C)NC(=O)c2ccc(F)cc2)cc1.[HH].[HH].[HH]. The second-order valence-electron chi connectivity index (χ2n) is 7.84. The van der Waals surface area contributed by atoms with Gasteiger partial charge in [-0.05, 0) is 68.5 Å². The van der Waals surface area contributed by atoms with E-state index in [1.807, 2.05) is 45.0 Å². The van der Waals surface area contributed by atoms with Gasteiger partial charge in [0.25, 0.3) is 5.91 Å². The molecular weight excluding hydrogens is 383 g/mol. The molecule has 2 aromatic carbocycles. The first kappa shape index (κ1) is 23.5. The number of rotatable bonds is 6. The summed E-state index contributed by atoms with van der Waals surface area (Å²) in [5, 5.41) is 5.57. The topological polar surface area (TPSA) is 67.4 Å². The Morgan fingerprint density at radius 1 is 1.03 bits per heavy atom. The third-order valence-corrected chi connectivity index (χ3v) is 4.58. The van der Waals surface area contributed by atoms with E-state index in [9.17, 15) is 14.0 Å². The maximum Gasteiger partial charge on any atom is 0.251 e. The van der Waals surface area contributed by atoms with Gasteiger partial charge in [-0.15, -0.1) is 0 Å². The van der Waals surface area contributed by atoms with Crippen molar-refractivity contribution in [3.05, 3.63) is 65.5 Å². The number of hydrogen-bond donors (Lipinski definition) is 2. The highest BCUT2D eigenvalue weighted by atomic mass is 19.1. The summed E-state index contributed by atoms with van der Waals surface area (Å²) in [6, 6.07) is 12.0. The van der Waals surface area contributed by atoms with E-state index in [1.54, 1.807) is 0 Å². The van der Waals surface area contributed by atoms with Gasteiger partial charge in [-0.1, -0.05) is 31.5 Å². The highest BCUT2D eigenvalue weighted by Crippen LogP contribution is 2.13. The lowest BCUT2D eigenvalue weighted by molar-refractivity contribution is -0.118. The predicted molar refractivity (Wildman–Crippen MR) is 123 cm³/mol. The van der Waals surface area contributed by atoms with Gasteiger partial charge in [0.15, 0.2) is 0 Å². The molecule has 1 aliphatic heterocycles. The van der Waals surface area contributed by atoms with Gasteiger partial charge in [0.1, 0.15) is 11.9 Å². The van der Waals surface area contributed by atoms with Gasteiger partial charge >= 0.3 is 0 Å². The van der Waals surface area contributed by atoms with Crippen LogP contribution in [-0.2, 0) is 9.53 Å². The van der Waals surface area contributed by atoms with Gasteiger partial charge in [-0.2, -0.15) is 0 Å². The molecule has 6 heteroatoms. The molecule has 0 bridgehead atoms. The molecule has 0 spiro atoms. The highest BCUT2D eigenvalue weighted by molar-refractivity contribution is 6.01. The quantitative estimate of drug-likeness (QED) is 0.653. The summed E-state index contributed by atoms with van der Waals surface area (Å²) in [7, 11) is 0. The van der Waals surface area contributed by atoms with Crippen LogP contribution in [0.2, 0.25) is 0 Å². The van der Waals surface area contributed by atoms with Crippen LogP contribution in [0.3, 0.4) is 0 Å². The fourth-order valence-corrected chi connectivity index (χ4v) is 2.92. The first-order valence-corrected chi connectivity index (χ1v) is 10.4. The monoisotopic (exact) mass is 420 g/mol. The lowest BCUT2D eigenvalue weighted by atomic mass is 10.0. The first-order valence-electron chi connectivity index (χ1n) is 10.4. The Bertz CT molecular complexity index is 807. The number of hydrogen-bond acceptors (Lipinski definition) is 3. The molecule has 2 aromatic rings. The van der Waals surface area contributed by atoms with Crippen molar-refractivity contribution in [3.63, 3.8) is 0 Å². The summed E-state index contributed by atoms with van der Waals surface area (Å²) in [6.07, 6.45) is 3.06. The fraction of sp³-hybridized carbons (Fsp3) is 0.417. The molecule has 5 nitrogen and oxygen atoms in total. The number of carbonyl (C=O) groups is 2. The predicted octanol–water partition coefficient (Wildman–Crippen LogP) is 5.45. The summed E-state index contributed by atoms with van der Waals surface area (Å²) in [6.45, 7) is 7.93. The molecule has 0 saturated carbocycles. The maximum absolute atomic E-state index is 13.0. The van der Waals surface area contributed by atoms with Gasteiger partial charge in [-0.25, -0.2) is 4.39 Å². The Hall–Kier alpha value is -2.73. The Kier molecular flexibility index (Phi) is 9.48. The smallest absolute Gasteiger partial charge is 0.251 e. The van der Waals surface area contributed by atoms with Gasteiger partial charge < -0.3 is 15.4 Å². The number of anilines is 1. The van der Waals surface area contributed by atoms with Crippen molar-refractivity contribution in [2.24, 2.45) is 5.92 Å². The molecule has 1 saturated heterocycles. The van der Waals surface area contributed by atoms with Crippen molar-refractivity contribution in [2.75, 3.05) is 18.5 Å². The molecule has 3 rings (SSSR count). The average Bonchev–Trinajstić information content (AvgIpc) is 3.29. The van der Waals surface area contributed by atoms with E-state index < -0.39 is 17.8 Å². The summed E-state index contributed by atoms with van der Waals surface area (Å²) in [4.78, 5) is 24.9. The number of halogens is 1. The standard InChI is InChI=1S/C20H23FN2O2.C4H8O.3H2/c1-13(2)12-18(20(25)22-17-10-4-14(3)5-11-17)23-19(24)15-6-8-16(21)9-7-15;1-2-4-5-3-1;;;/h4-11,13,18H,12H2,1-3H3,(H,22,25)(H,23,24);1-4H2;3*1H/t18-;;;;/m0..../s1. The lowest BCUT2D eigenvalue weighted by Gasteiger charge is -2.20. The molecule has 0 unspecified atom stereocenters. The van der Waals surface area contributed by atoms with Gasteiger partial charge in [0.05, 0.1) is 0 Å². The Balaban J connectivity index is 0. The summed E-state index contributed by atoms with van der Waals surface area (Å²) in [5.74, 6) is -0.854. The van der Waals surface area contributed by atoms with Crippen molar-refractivity contribution in [1.82, 2.24) is 5.32 Å². The van der Waals surface area contributed by atoms with Crippen molar-refractivity contribution in [1.29, 1.82) is 0 Å². The molecule has 0 aliphatic carbocycles. The number of amides is 2. The van der Waals surface area contributed by atoms with E-state index in [4.69, 9.17) is 4.74 Å². The number of benzene rings is 2. The number of aryl methyl sites for hydroxylation is 1. The summed E-state index contributed by atoms with van der Waals surface area (Å²) >= 11 is 0. The van der Waals surface area contributed by atoms with E-state index in [0.29, 0.717) is 17.7 Å². The number of ether oxygens (including phenoxy) is 1. The third-order valence-electron chi connectivity index (χ3n) is 4.58. The lowest BCUT2D eigenvalue weighted by Crippen LogP contribution is -2.44. The van der Waals surface area contributed by atoms with Crippen molar-refractivity contribution < 1.29 is 23.0 Å². The normalized spacial score (nSPS) is 13.9. The van der Waals surface area contributed by atoms with Gasteiger partial charge in [0, 0.05) is 28.7 Å². The Morgan fingerprint density at radius 3 is 2.13 bits per heavy atom. The molecule has 1 atom stereocenters. The fourth-order valence-electron chi connectivity index (χ4n) is 2.92. The third kappa shape index (κ3) is 8.33. The van der Waals surface area contributed by atoms with Crippen LogP contribution in [-0.4, -0.2) is 31.1 Å². The molecule has 168 valence electrons. The molecule has 0 radical (unpaired) electrons. The second-order valence-corrected chi connectivity index (χ2v) is 7.84. The number of nitrogens with one attached hydrogen (secondary N) is 2. The second kappa shape index (κ2) is 12.1. The maximum atomic E-state index is 13.0. The van der Waals surface area contributed by atoms with Crippen LogP contribution in [0.25, 0.3) is 0 Å². The van der Waals surface area contributed by atoms with Crippen molar-refractivity contribution in [2.45, 2.75) is 46.1 Å². The van der Waals surface area contributed by atoms with Crippen LogP contribution in [0.1, 0.15) is 53.3 Å². The minimum atomic E-state index is -0.668. The molecule has 1 heterocycles. The highest BCUT2D eigenvalue weighted by Gasteiger charge is 2.22. The molecule has 1 aliphatic rings. The largest absolute Gasteiger partial charge is 0.381 e. The van der Waals surface area contributed by atoms with Crippen LogP contribution in [0.15, 0.2) is 48.5 Å². The van der Waals surface area contributed by atoms with E-state index in [-0.39, 0.29) is 16.1 Å². The first-order chi connectivity index (χ1) is 14.3. The average molecular weight is 421 g/mol.